The number of carbonyl (C=O) groups excluding carboxylic acids is 2. The molecule has 18 heavy (non-hydrogen) atoms. The molecule has 1 aromatic carbocycles. The highest BCUT2D eigenvalue weighted by Crippen LogP contribution is 2.32. The van der Waals surface area contributed by atoms with Gasteiger partial charge in [-0.05, 0) is 24.5 Å². The van der Waals surface area contributed by atoms with Crippen LogP contribution < -0.4 is 4.74 Å². The van der Waals surface area contributed by atoms with Crippen LogP contribution >= 0.6 is 11.6 Å². The fourth-order valence-electron chi connectivity index (χ4n) is 1.45. The van der Waals surface area contributed by atoms with Crippen LogP contribution in [0.15, 0.2) is 6.07 Å². The van der Waals surface area contributed by atoms with Crippen LogP contribution in [0.4, 0.5) is 0 Å². The molecule has 1 aromatic rings. The highest BCUT2D eigenvalue weighted by molar-refractivity contribution is 6.33. The Kier molecular flexibility index (Phi) is 4.75. The number of benzene rings is 1. The van der Waals surface area contributed by atoms with Crippen molar-refractivity contribution in [2.45, 2.75) is 6.92 Å². The van der Waals surface area contributed by atoms with Crippen molar-refractivity contribution in [3.8, 4) is 17.6 Å². The van der Waals surface area contributed by atoms with Crippen molar-refractivity contribution in [1.29, 1.82) is 0 Å². The number of hydrogen-bond acceptors (Lipinski definition) is 4. The van der Waals surface area contributed by atoms with E-state index in [4.69, 9.17) is 16.3 Å². The van der Waals surface area contributed by atoms with Gasteiger partial charge in [0.25, 0.3) is 0 Å². The summed E-state index contributed by atoms with van der Waals surface area (Å²) < 4.78 is 9.77. The molecule has 0 aliphatic carbocycles. The second kappa shape index (κ2) is 6.08. The molecule has 5 heteroatoms. The summed E-state index contributed by atoms with van der Waals surface area (Å²) in [5.74, 6) is 4.44. The van der Waals surface area contributed by atoms with Crippen LogP contribution in [0.1, 0.15) is 21.5 Å². The molecule has 94 valence electrons. The van der Waals surface area contributed by atoms with E-state index in [1.54, 1.807) is 13.0 Å². The zero-order chi connectivity index (χ0) is 13.7. The first-order chi connectivity index (χ1) is 8.56. The lowest BCUT2D eigenvalue weighted by molar-refractivity contribution is -0.103. The van der Waals surface area contributed by atoms with Crippen LogP contribution in [-0.4, -0.2) is 26.5 Å². The van der Waals surface area contributed by atoms with E-state index in [0.717, 1.165) is 0 Å². The number of carbonyl (C=O) groups is 2. The normalized spacial score (nSPS) is 9.11. The van der Waals surface area contributed by atoms with Gasteiger partial charge in [-0.1, -0.05) is 17.5 Å². The third kappa shape index (κ3) is 2.63. The van der Waals surface area contributed by atoms with Crippen LogP contribution in [-0.2, 0) is 9.53 Å². The standard InChI is InChI=1S/C13H11ClO4/c1-8-7-10(17-2)11(13(16)18-3)9(12(8)14)5-4-6-15/h6-7H,1-3H3. The van der Waals surface area contributed by atoms with Crippen LogP contribution in [0.2, 0.25) is 5.02 Å². The lowest BCUT2D eigenvalue weighted by Crippen LogP contribution is -2.08. The summed E-state index contributed by atoms with van der Waals surface area (Å²) in [6.45, 7) is 1.75. The van der Waals surface area contributed by atoms with Crippen molar-refractivity contribution in [2.24, 2.45) is 0 Å². The van der Waals surface area contributed by atoms with Crippen molar-refractivity contribution in [1.82, 2.24) is 0 Å². The predicted octanol–water partition coefficient (Wildman–Crippen LogP) is 1.99. The molecule has 0 saturated carbocycles. The van der Waals surface area contributed by atoms with E-state index in [-0.39, 0.29) is 11.1 Å². The summed E-state index contributed by atoms with van der Waals surface area (Å²) in [5, 5.41) is 0.297. The molecule has 0 fully saturated rings. The minimum absolute atomic E-state index is 0.116. The van der Waals surface area contributed by atoms with Crippen LogP contribution in [0, 0.1) is 18.8 Å². The Balaban J connectivity index is 3.66. The number of methoxy groups -OCH3 is 2. The minimum Gasteiger partial charge on any atom is -0.496 e. The fourth-order valence-corrected chi connectivity index (χ4v) is 1.64. The lowest BCUT2D eigenvalue weighted by atomic mass is 10.0. The van der Waals surface area contributed by atoms with Gasteiger partial charge in [0, 0.05) is 0 Å². The summed E-state index contributed by atoms with van der Waals surface area (Å²) >= 11 is 6.08. The second-order valence-corrected chi connectivity index (χ2v) is 3.72. The van der Waals surface area contributed by atoms with Crippen LogP contribution in [0.5, 0.6) is 5.75 Å². The third-order valence-electron chi connectivity index (χ3n) is 2.28. The van der Waals surface area contributed by atoms with Gasteiger partial charge in [0.2, 0.25) is 0 Å². The quantitative estimate of drug-likeness (QED) is 0.467. The molecule has 0 aromatic heterocycles. The molecule has 0 N–H and O–H groups in total. The van der Waals surface area contributed by atoms with Crippen LogP contribution in [0.3, 0.4) is 0 Å². The third-order valence-corrected chi connectivity index (χ3v) is 2.76. The zero-order valence-corrected chi connectivity index (χ0v) is 10.9. The van der Waals surface area contributed by atoms with E-state index in [9.17, 15) is 9.59 Å². The smallest absolute Gasteiger partial charge is 0.342 e. The highest BCUT2D eigenvalue weighted by atomic mass is 35.5. The van der Waals surface area contributed by atoms with E-state index in [2.05, 4.69) is 16.6 Å². The van der Waals surface area contributed by atoms with Crippen molar-refractivity contribution in [3.05, 3.63) is 27.8 Å². The topological polar surface area (TPSA) is 52.6 Å². The maximum absolute atomic E-state index is 11.7. The Morgan fingerprint density at radius 3 is 2.61 bits per heavy atom. The van der Waals surface area contributed by atoms with E-state index in [1.807, 2.05) is 0 Å². The molecule has 0 aliphatic rings. The number of aldehydes is 1. The van der Waals surface area contributed by atoms with Gasteiger partial charge in [-0.15, -0.1) is 0 Å². The summed E-state index contributed by atoms with van der Waals surface area (Å²) in [6.07, 6.45) is 0.423. The summed E-state index contributed by atoms with van der Waals surface area (Å²) in [5.41, 5.74) is 1.04. The first-order valence-corrected chi connectivity index (χ1v) is 5.35. The SMILES string of the molecule is COC(=O)c1c(OC)cc(C)c(Cl)c1C#CC=O. The zero-order valence-electron chi connectivity index (χ0n) is 10.2. The molecule has 4 nitrogen and oxygen atoms in total. The van der Waals surface area contributed by atoms with Gasteiger partial charge < -0.3 is 9.47 Å². The molecule has 0 spiro atoms. The Bertz CT molecular complexity index is 552. The lowest BCUT2D eigenvalue weighted by Gasteiger charge is -2.12. The van der Waals surface area contributed by atoms with Gasteiger partial charge in [-0.2, -0.15) is 0 Å². The average Bonchev–Trinajstić information content (AvgIpc) is 2.38. The van der Waals surface area contributed by atoms with Gasteiger partial charge in [0.1, 0.15) is 11.3 Å². The number of hydrogen-bond donors (Lipinski definition) is 0. The molecule has 1 rings (SSSR count). The number of aryl methyl sites for hydroxylation is 1. The molecular weight excluding hydrogens is 256 g/mol. The fraction of sp³-hybridized carbons (Fsp3) is 0.231. The molecule has 0 unspecified atom stereocenters. The molecule has 0 saturated heterocycles. The molecule has 0 radical (unpaired) electrons. The highest BCUT2D eigenvalue weighted by Gasteiger charge is 2.21. The number of halogens is 1. The molecule has 0 amide bonds. The molecule has 0 heterocycles. The van der Waals surface area contributed by atoms with Gasteiger partial charge in [0.05, 0.1) is 24.8 Å². The Morgan fingerprint density at radius 2 is 2.11 bits per heavy atom. The predicted molar refractivity (Wildman–Crippen MR) is 67.0 cm³/mol. The van der Waals surface area contributed by atoms with Gasteiger partial charge >= 0.3 is 5.97 Å². The van der Waals surface area contributed by atoms with Crippen molar-refractivity contribution >= 4 is 23.9 Å². The Hall–Kier alpha value is -1.99. The maximum Gasteiger partial charge on any atom is 0.342 e. The van der Waals surface area contributed by atoms with E-state index in [0.29, 0.717) is 22.6 Å². The van der Waals surface area contributed by atoms with Crippen LogP contribution in [0.25, 0.3) is 0 Å². The van der Waals surface area contributed by atoms with E-state index >= 15 is 0 Å². The molecule has 0 aliphatic heterocycles. The Morgan fingerprint density at radius 1 is 1.44 bits per heavy atom. The number of ether oxygens (including phenoxy) is 2. The monoisotopic (exact) mass is 266 g/mol. The minimum atomic E-state index is -0.621. The van der Waals surface area contributed by atoms with Gasteiger partial charge in [0.15, 0.2) is 6.29 Å². The number of esters is 1. The first-order valence-electron chi connectivity index (χ1n) is 4.97. The van der Waals surface area contributed by atoms with Gasteiger partial charge in [-0.25, -0.2) is 4.79 Å². The first kappa shape index (κ1) is 14.1. The van der Waals surface area contributed by atoms with E-state index < -0.39 is 5.97 Å². The van der Waals surface area contributed by atoms with E-state index in [1.165, 1.54) is 14.2 Å². The summed E-state index contributed by atoms with van der Waals surface area (Å²) in [4.78, 5) is 22.0. The second-order valence-electron chi connectivity index (χ2n) is 3.34. The number of rotatable bonds is 2. The molecule has 0 bridgehead atoms. The van der Waals surface area contributed by atoms with Gasteiger partial charge in [-0.3, -0.25) is 4.79 Å². The van der Waals surface area contributed by atoms with Crippen molar-refractivity contribution < 1.29 is 19.1 Å². The average molecular weight is 267 g/mol. The maximum atomic E-state index is 11.7. The summed E-state index contributed by atoms with van der Waals surface area (Å²) in [7, 11) is 2.67. The summed E-state index contributed by atoms with van der Waals surface area (Å²) in [6, 6.07) is 1.61. The van der Waals surface area contributed by atoms with Crippen molar-refractivity contribution in [3.63, 3.8) is 0 Å². The molecular formula is C13H11ClO4. The van der Waals surface area contributed by atoms with Crippen molar-refractivity contribution in [2.75, 3.05) is 14.2 Å². The largest absolute Gasteiger partial charge is 0.496 e. The molecule has 0 atom stereocenters. The Labute approximate surface area is 110 Å².